The molecule has 108 valence electrons. The van der Waals surface area contributed by atoms with Crippen molar-refractivity contribution in [2.24, 2.45) is 5.73 Å². The first-order valence-corrected chi connectivity index (χ1v) is 7.03. The van der Waals surface area contributed by atoms with Crippen LogP contribution in [0.3, 0.4) is 0 Å². The van der Waals surface area contributed by atoms with Crippen LogP contribution in [0, 0.1) is 13.8 Å². The second-order valence-electron chi connectivity index (χ2n) is 5.65. The average molecular weight is 264 g/mol. The summed E-state index contributed by atoms with van der Waals surface area (Å²) in [6.45, 7) is 10.9. The van der Waals surface area contributed by atoms with Gasteiger partial charge >= 0.3 is 0 Å². The third kappa shape index (κ3) is 5.72. The number of ether oxygens (including phenoxy) is 1. The van der Waals surface area contributed by atoms with E-state index in [0.717, 1.165) is 19.7 Å². The van der Waals surface area contributed by atoms with Crippen molar-refractivity contribution in [2.75, 3.05) is 26.7 Å². The number of nitrogens with zero attached hydrogens (tertiary/aromatic N) is 1. The third-order valence-electron chi connectivity index (χ3n) is 3.27. The molecular formula is C16H28N2O. The molecule has 0 aliphatic rings. The van der Waals surface area contributed by atoms with Crippen molar-refractivity contribution in [3.8, 4) is 0 Å². The average Bonchev–Trinajstić information content (AvgIpc) is 2.31. The summed E-state index contributed by atoms with van der Waals surface area (Å²) in [7, 11) is 2.09. The molecule has 0 amide bonds. The Bertz CT molecular complexity index is 390. The molecule has 0 bridgehead atoms. The van der Waals surface area contributed by atoms with E-state index in [-0.39, 0.29) is 6.04 Å². The molecule has 1 aromatic carbocycles. The van der Waals surface area contributed by atoms with E-state index in [1.807, 2.05) is 0 Å². The molecule has 1 aromatic rings. The molecule has 0 radical (unpaired) electrons. The van der Waals surface area contributed by atoms with Crippen molar-refractivity contribution < 1.29 is 4.74 Å². The maximum absolute atomic E-state index is 6.31. The van der Waals surface area contributed by atoms with Gasteiger partial charge in [0.25, 0.3) is 0 Å². The van der Waals surface area contributed by atoms with Crippen LogP contribution in [0.5, 0.6) is 0 Å². The SMILES string of the molecule is Cc1ccc(C)c(C(N)CN(C)CCOC(C)C)c1. The van der Waals surface area contributed by atoms with Gasteiger partial charge in [-0.2, -0.15) is 0 Å². The molecule has 0 saturated heterocycles. The summed E-state index contributed by atoms with van der Waals surface area (Å²) in [6, 6.07) is 6.53. The third-order valence-corrected chi connectivity index (χ3v) is 3.27. The Labute approximate surface area is 117 Å². The van der Waals surface area contributed by atoms with E-state index in [0.29, 0.717) is 6.10 Å². The highest BCUT2D eigenvalue weighted by atomic mass is 16.5. The highest BCUT2D eigenvalue weighted by molar-refractivity contribution is 5.32. The minimum absolute atomic E-state index is 0.0592. The van der Waals surface area contributed by atoms with E-state index in [1.165, 1.54) is 16.7 Å². The fraction of sp³-hybridized carbons (Fsp3) is 0.625. The smallest absolute Gasteiger partial charge is 0.0596 e. The van der Waals surface area contributed by atoms with Gasteiger partial charge in [-0.3, -0.25) is 0 Å². The fourth-order valence-electron chi connectivity index (χ4n) is 2.13. The number of hydrogen-bond acceptors (Lipinski definition) is 3. The predicted octanol–water partition coefficient (Wildman–Crippen LogP) is 2.66. The van der Waals surface area contributed by atoms with Crippen LogP contribution in [-0.4, -0.2) is 37.7 Å². The monoisotopic (exact) mass is 264 g/mol. The van der Waals surface area contributed by atoms with Crippen LogP contribution in [0.25, 0.3) is 0 Å². The zero-order valence-corrected chi connectivity index (χ0v) is 12.9. The molecule has 0 fully saturated rings. The van der Waals surface area contributed by atoms with Crippen molar-refractivity contribution in [1.82, 2.24) is 4.90 Å². The number of nitrogens with two attached hydrogens (primary N) is 1. The lowest BCUT2D eigenvalue weighted by atomic mass is 9.99. The molecule has 0 aromatic heterocycles. The van der Waals surface area contributed by atoms with E-state index in [9.17, 15) is 0 Å². The Kier molecular flexibility index (Phi) is 6.49. The van der Waals surface area contributed by atoms with Gasteiger partial charge in [0.1, 0.15) is 0 Å². The van der Waals surface area contributed by atoms with Crippen LogP contribution in [0.1, 0.15) is 36.6 Å². The van der Waals surface area contributed by atoms with Gasteiger partial charge in [-0.1, -0.05) is 23.8 Å². The van der Waals surface area contributed by atoms with Crippen LogP contribution in [-0.2, 0) is 4.74 Å². The number of hydrogen-bond donors (Lipinski definition) is 1. The molecule has 0 saturated carbocycles. The topological polar surface area (TPSA) is 38.5 Å². The highest BCUT2D eigenvalue weighted by Gasteiger charge is 2.12. The maximum Gasteiger partial charge on any atom is 0.0596 e. The van der Waals surface area contributed by atoms with Gasteiger partial charge in [0.2, 0.25) is 0 Å². The van der Waals surface area contributed by atoms with E-state index in [2.05, 4.69) is 57.8 Å². The predicted molar refractivity (Wildman–Crippen MR) is 81.4 cm³/mol. The van der Waals surface area contributed by atoms with Gasteiger partial charge in [-0.05, 0) is 45.9 Å². The Morgan fingerprint density at radius 1 is 1.26 bits per heavy atom. The van der Waals surface area contributed by atoms with Crippen LogP contribution in [0.15, 0.2) is 18.2 Å². The molecule has 3 heteroatoms. The number of likely N-dealkylation sites (N-methyl/N-ethyl adjacent to an activating group) is 1. The van der Waals surface area contributed by atoms with Crippen molar-refractivity contribution in [1.29, 1.82) is 0 Å². The Morgan fingerprint density at radius 2 is 1.95 bits per heavy atom. The van der Waals surface area contributed by atoms with Crippen molar-refractivity contribution in [2.45, 2.75) is 39.8 Å². The second kappa shape index (κ2) is 7.63. The van der Waals surface area contributed by atoms with Gasteiger partial charge in [0.05, 0.1) is 12.7 Å². The lowest BCUT2D eigenvalue weighted by Crippen LogP contribution is -2.32. The molecule has 0 heterocycles. The van der Waals surface area contributed by atoms with Gasteiger partial charge < -0.3 is 15.4 Å². The highest BCUT2D eigenvalue weighted by Crippen LogP contribution is 2.18. The zero-order valence-electron chi connectivity index (χ0n) is 12.9. The van der Waals surface area contributed by atoms with Crippen LogP contribution in [0.4, 0.5) is 0 Å². The van der Waals surface area contributed by atoms with E-state index in [4.69, 9.17) is 10.5 Å². The first kappa shape index (κ1) is 16.2. The maximum atomic E-state index is 6.31. The molecule has 0 spiro atoms. The normalized spacial score (nSPS) is 13.3. The quantitative estimate of drug-likeness (QED) is 0.823. The lowest BCUT2D eigenvalue weighted by Gasteiger charge is -2.23. The second-order valence-corrected chi connectivity index (χ2v) is 5.65. The van der Waals surface area contributed by atoms with Gasteiger partial charge in [0, 0.05) is 19.1 Å². The molecule has 1 atom stereocenters. The van der Waals surface area contributed by atoms with Crippen molar-refractivity contribution in [3.63, 3.8) is 0 Å². The summed E-state index contributed by atoms with van der Waals surface area (Å²) in [5.41, 5.74) is 10.1. The Balaban J connectivity index is 2.49. The van der Waals surface area contributed by atoms with E-state index >= 15 is 0 Å². The Hall–Kier alpha value is -0.900. The van der Waals surface area contributed by atoms with Crippen molar-refractivity contribution >= 4 is 0 Å². The van der Waals surface area contributed by atoms with Gasteiger partial charge in [-0.25, -0.2) is 0 Å². The molecule has 1 rings (SSSR count). The minimum Gasteiger partial charge on any atom is -0.377 e. The van der Waals surface area contributed by atoms with Gasteiger partial charge in [0.15, 0.2) is 0 Å². The summed E-state index contributed by atoms with van der Waals surface area (Å²) < 4.78 is 5.56. The summed E-state index contributed by atoms with van der Waals surface area (Å²) in [6.07, 6.45) is 0.293. The summed E-state index contributed by atoms with van der Waals surface area (Å²) >= 11 is 0. The lowest BCUT2D eigenvalue weighted by molar-refractivity contribution is 0.0629. The van der Waals surface area contributed by atoms with Crippen molar-refractivity contribution in [3.05, 3.63) is 34.9 Å². The van der Waals surface area contributed by atoms with Gasteiger partial charge in [-0.15, -0.1) is 0 Å². The first-order valence-electron chi connectivity index (χ1n) is 7.03. The zero-order chi connectivity index (χ0) is 14.4. The first-order chi connectivity index (χ1) is 8.90. The molecule has 1 unspecified atom stereocenters. The fourth-order valence-corrected chi connectivity index (χ4v) is 2.13. The molecule has 0 aliphatic heterocycles. The van der Waals surface area contributed by atoms with E-state index in [1.54, 1.807) is 0 Å². The molecule has 3 nitrogen and oxygen atoms in total. The largest absolute Gasteiger partial charge is 0.377 e. The summed E-state index contributed by atoms with van der Waals surface area (Å²) in [5.74, 6) is 0. The Morgan fingerprint density at radius 3 is 2.58 bits per heavy atom. The van der Waals surface area contributed by atoms with E-state index < -0.39 is 0 Å². The van der Waals surface area contributed by atoms with Crippen LogP contribution >= 0.6 is 0 Å². The van der Waals surface area contributed by atoms with Crippen LogP contribution < -0.4 is 5.73 Å². The van der Waals surface area contributed by atoms with Crippen LogP contribution in [0.2, 0.25) is 0 Å². The number of aryl methyl sites for hydroxylation is 2. The molecule has 2 N–H and O–H groups in total. The molecule has 19 heavy (non-hydrogen) atoms. The minimum atomic E-state index is 0.0592. The number of rotatable bonds is 7. The summed E-state index contributed by atoms with van der Waals surface area (Å²) in [5, 5.41) is 0. The summed E-state index contributed by atoms with van der Waals surface area (Å²) in [4.78, 5) is 2.23. The number of benzene rings is 1. The molecule has 0 aliphatic carbocycles. The standard InChI is InChI=1S/C16H28N2O/c1-12(2)19-9-8-18(5)11-16(17)15-10-13(3)6-7-14(15)4/h6-7,10,12,16H,8-9,11,17H2,1-5H3. The molecular weight excluding hydrogens is 236 g/mol.